The molecular weight excluding hydrogens is 362 g/mol. The first kappa shape index (κ1) is 18.6. The molecule has 2 saturated heterocycles. The van der Waals surface area contributed by atoms with E-state index in [0.717, 1.165) is 0 Å². The fourth-order valence-electron chi connectivity index (χ4n) is 3.63. The van der Waals surface area contributed by atoms with Crippen molar-refractivity contribution in [1.29, 1.82) is 0 Å². The molecule has 2 aliphatic rings. The Hall–Kier alpha value is -1.15. The summed E-state index contributed by atoms with van der Waals surface area (Å²) >= 11 is 5.93. The van der Waals surface area contributed by atoms with E-state index in [1.807, 2.05) is 4.90 Å². The van der Waals surface area contributed by atoms with Crippen molar-refractivity contribution in [3.05, 3.63) is 29.3 Å². The van der Waals surface area contributed by atoms with Crippen molar-refractivity contribution in [1.82, 2.24) is 14.5 Å². The molecule has 0 aliphatic carbocycles. The lowest BCUT2D eigenvalue weighted by Crippen LogP contribution is -2.59. The molecule has 2 aliphatic heterocycles. The fourth-order valence-corrected chi connectivity index (χ4v) is 5.37. The van der Waals surface area contributed by atoms with E-state index < -0.39 is 15.7 Å². The van der Waals surface area contributed by atoms with E-state index in [4.69, 9.17) is 11.6 Å². The van der Waals surface area contributed by atoms with Crippen LogP contribution in [-0.4, -0.2) is 55.4 Å². The molecule has 1 amide bonds. The zero-order chi connectivity index (χ0) is 18.2. The highest BCUT2D eigenvalue weighted by molar-refractivity contribution is 7.89. The molecule has 138 valence electrons. The van der Waals surface area contributed by atoms with E-state index in [2.05, 4.69) is 19.2 Å². The first-order chi connectivity index (χ1) is 11.7. The first-order valence-corrected chi connectivity index (χ1v) is 10.4. The Morgan fingerprint density at radius 2 is 1.96 bits per heavy atom. The van der Waals surface area contributed by atoms with Gasteiger partial charge in [-0.05, 0) is 37.0 Å². The zero-order valence-corrected chi connectivity index (χ0v) is 16.1. The third-order valence-electron chi connectivity index (χ3n) is 4.92. The van der Waals surface area contributed by atoms with Crippen molar-refractivity contribution in [2.24, 2.45) is 5.92 Å². The van der Waals surface area contributed by atoms with Crippen LogP contribution in [0.4, 0.5) is 0 Å². The lowest BCUT2D eigenvalue weighted by molar-refractivity contribution is -0.132. The Morgan fingerprint density at radius 1 is 1.28 bits per heavy atom. The van der Waals surface area contributed by atoms with E-state index in [1.54, 1.807) is 18.2 Å². The molecule has 6 nitrogen and oxygen atoms in total. The number of carbonyl (C=O) groups excluding carboxylic acids is 1. The number of halogens is 1. The van der Waals surface area contributed by atoms with Crippen LogP contribution in [-0.2, 0) is 14.8 Å². The van der Waals surface area contributed by atoms with Gasteiger partial charge in [-0.1, -0.05) is 31.5 Å². The second-order valence-corrected chi connectivity index (χ2v) is 9.52. The van der Waals surface area contributed by atoms with Crippen molar-refractivity contribution >= 4 is 27.5 Å². The van der Waals surface area contributed by atoms with Gasteiger partial charge in [-0.25, -0.2) is 8.42 Å². The van der Waals surface area contributed by atoms with Crippen LogP contribution in [0.2, 0.25) is 5.02 Å². The number of benzene rings is 1. The van der Waals surface area contributed by atoms with Gasteiger partial charge in [0.25, 0.3) is 0 Å². The molecule has 0 unspecified atom stereocenters. The molecule has 1 aromatic rings. The van der Waals surface area contributed by atoms with Gasteiger partial charge in [0, 0.05) is 24.7 Å². The van der Waals surface area contributed by atoms with Crippen LogP contribution < -0.4 is 5.32 Å². The molecule has 1 aromatic carbocycles. The monoisotopic (exact) mass is 385 g/mol. The molecule has 0 aromatic heterocycles. The maximum Gasteiger partial charge on any atom is 0.243 e. The Bertz CT molecular complexity index is 758. The second-order valence-electron chi connectivity index (χ2n) is 7.14. The van der Waals surface area contributed by atoms with E-state index in [-0.39, 0.29) is 10.8 Å². The number of hydrogen-bond acceptors (Lipinski definition) is 4. The predicted octanol–water partition coefficient (Wildman–Crippen LogP) is 1.91. The zero-order valence-electron chi connectivity index (χ0n) is 14.5. The quantitative estimate of drug-likeness (QED) is 0.859. The number of amides is 1. The van der Waals surface area contributed by atoms with Gasteiger partial charge in [0.1, 0.15) is 0 Å². The maximum absolute atomic E-state index is 12.8. The average molecular weight is 386 g/mol. The van der Waals surface area contributed by atoms with Crippen LogP contribution >= 0.6 is 11.6 Å². The minimum atomic E-state index is -3.57. The minimum Gasteiger partial charge on any atom is -0.323 e. The van der Waals surface area contributed by atoms with Gasteiger partial charge in [-0.3, -0.25) is 10.1 Å². The maximum atomic E-state index is 12.8. The van der Waals surface area contributed by atoms with Crippen molar-refractivity contribution in [3.63, 3.8) is 0 Å². The minimum absolute atomic E-state index is 0.0971. The van der Waals surface area contributed by atoms with Crippen LogP contribution in [0.1, 0.15) is 26.7 Å². The number of nitrogens with one attached hydrogen (secondary N) is 1. The molecule has 3 rings (SSSR count). The number of sulfonamides is 1. The van der Waals surface area contributed by atoms with Crippen LogP contribution in [0.3, 0.4) is 0 Å². The predicted molar refractivity (Wildman–Crippen MR) is 96.7 cm³/mol. The largest absolute Gasteiger partial charge is 0.323 e. The number of nitrogens with zero attached hydrogens (tertiary/aromatic N) is 2. The van der Waals surface area contributed by atoms with E-state index in [0.29, 0.717) is 50.0 Å². The standard InChI is InChI=1S/C17H24ClN3O3S/c1-13(2)12-21-16(22)11-19-17(21)6-8-20(9-7-17)25(23,24)15-5-3-4-14(18)10-15/h3-5,10,13,19H,6-9,11-12H2,1-2H3. The highest BCUT2D eigenvalue weighted by Crippen LogP contribution is 2.33. The van der Waals surface area contributed by atoms with Gasteiger partial charge in [0.2, 0.25) is 15.9 Å². The van der Waals surface area contributed by atoms with Gasteiger partial charge in [-0.15, -0.1) is 0 Å². The molecule has 0 saturated carbocycles. The lowest BCUT2D eigenvalue weighted by atomic mass is 9.96. The third-order valence-corrected chi connectivity index (χ3v) is 7.05. The highest BCUT2D eigenvalue weighted by atomic mass is 35.5. The molecule has 0 bridgehead atoms. The molecule has 2 fully saturated rings. The van der Waals surface area contributed by atoms with E-state index in [1.165, 1.54) is 10.4 Å². The summed E-state index contributed by atoms with van der Waals surface area (Å²) in [4.78, 5) is 14.4. The lowest BCUT2D eigenvalue weighted by Gasteiger charge is -2.44. The number of piperidine rings is 1. The van der Waals surface area contributed by atoms with E-state index >= 15 is 0 Å². The molecule has 1 N–H and O–H groups in total. The average Bonchev–Trinajstić information content (AvgIpc) is 2.84. The Balaban J connectivity index is 1.76. The summed E-state index contributed by atoms with van der Waals surface area (Å²) < 4.78 is 27.2. The summed E-state index contributed by atoms with van der Waals surface area (Å²) in [5.74, 6) is 0.466. The summed E-state index contributed by atoms with van der Waals surface area (Å²) in [6.07, 6.45) is 1.18. The Labute approximate surface area is 154 Å². The van der Waals surface area contributed by atoms with Gasteiger partial charge >= 0.3 is 0 Å². The second kappa shape index (κ2) is 6.87. The Morgan fingerprint density at radius 3 is 2.56 bits per heavy atom. The van der Waals surface area contributed by atoms with Crippen LogP contribution in [0.15, 0.2) is 29.2 Å². The molecular formula is C17H24ClN3O3S. The topological polar surface area (TPSA) is 69.7 Å². The number of rotatable bonds is 4. The normalized spacial score (nSPS) is 21.4. The smallest absolute Gasteiger partial charge is 0.243 e. The molecule has 8 heteroatoms. The molecule has 0 atom stereocenters. The van der Waals surface area contributed by atoms with Gasteiger partial charge in [-0.2, -0.15) is 4.31 Å². The van der Waals surface area contributed by atoms with Crippen molar-refractivity contribution in [2.45, 2.75) is 37.2 Å². The summed E-state index contributed by atoms with van der Waals surface area (Å²) in [5.41, 5.74) is -0.415. The summed E-state index contributed by atoms with van der Waals surface area (Å²) in [6.45, 7) is 5.93. The summed E-state index contributed by atoms with van der Waals surface area (Å²) in [5, 5.41) is 3.74. The number of hydrogen-bond donors (Lipinski definition) is 1. The highest BCUT2D eigenvalue weighted by Gasteiger charge is 2.48. The molecule has 1 spiro atoms. The van der Waals surface area contributed by atoms with Gasteiger partial charge < -0.3 is 4.90 Å². The van der Waals surface area contributed by atoms with Gasteiger partial charge in [0.15, 0.2) is 0 Å². The van der Waals surface area contributed by atoms with Crippen molar-refractivity contribution in [3.8, 4) is 0 Å². The van der Waals surface area contributed by atoms with Gasteiger partial charge in [0.05, 0.1) is 17.1 Å². The SMILES string of the molecule is CC(C)CN1C(=O)CNC12CCN(S(=O)(=O)c1cccc(Cl)c1)CC2. The summed E-state index contributed by atoms with van der Waals surface area (Å²) in [7, 11) is -3.57. The van der Waals surface area contributed by atoms with Crippen LogP contribution in [0.25, 0.3) is 0 Å². The molecule has 2 heterocycles. The van der Waals surface area contributed by atoms with Crippen molar-refractivity contribution < 1.29 is 13.2 Å². The van der Waals surface area contributed by atoms with E-state index in [9.17, 15) is 13.2 Å². The van der Waals surface area contributed by atoms with Crippen molar-refractivity contribution in [2.75, 3.05) is 26.2 Å². The first-order valence-electron chi connectivity index (χ1n) is 8.56. The third kappa shape index (κ3) is 3.56. The molecule has 25 heavy (non-hydrogen) atoms. The van der Waals surface area contributed by atoms with Crippen LogP contribution in [0.5, 0.6) is 0 Å². The fraction of sp³-hybridized carbons (Fsp3) is 0.588. The van der Waals surface area contributed by atoms with Crippen LogP contribution in [0, 0.1) is 5.92 Å². The Kier molecular flexibility index (Phi) is 5.12. The molecule has 0 radical (unpaired) electrons. The number of carbonyl (C=O) groups is 1. The summed E-state index contributed by atoms with van der Waals surface area (Å²) in [6, 6.07) is 6.34.